The van der Waals surface area contributed by atoms with Crippen LogP contribution in [0.15, 0.2) is 53.4 Å². The highest BCUT2D eigenvalue weighted by Crippen LogP contribution is 2.20. The fraction of sp³-hybridized carbons (Fsp3) is 0.364. The molecule has 11 heteroatoms. The maximum atomic E-state index is 14.9. The van der Waals surface area contributed by atoms with E-state index in [2.05, 4.69) is 15.0 Å². The van der Waals surface area contributed by atoms with Crippen molar-refractivity contribution in [3.05, 3.63) is 71.6 Å². The van der Waals surface area contributed by atoms with Gasteiger partial charge in [-0.1, -0.05) is 30.3 Å². The first-order valence-corrected chi connectivity index (χ1v) is 11.9. The minimum Gasteiger partial charge on any atom is -0.383 e. The first-order valence-electron chi connectivity index (χ1n) is 10.3. The minimum absolute atomic E-state index is 0.0902. The standard InChI is InChI=1S/C22H28FN5O4S/c1-31-12-10-27(11-13-32-2)16-21-25-22(14-17-6-4-3-5-7-17)28(26-21)20-9-8-18(15-19(20)23)33(24,29)30/h3-9,15H,10-14,16H2,1-2H3,(H2,24,29,30). The van der Waals surface area contributed by atoms with Gasteiger partial charge in [-0.05, 0) is 23.8 Å². The first kappa shape index (κ1) is 24.9. The average molecular weight is 478 g/mol. The zero-order valence-corrected chi connectivity index (χ0v) is 19.5. The van der Waals surface area contributed by atoms with Crippen molar-refractivity contribution in [3.8, 4) is 5.69 Å². The Morgan fingerprint density at radius 3 is 2.30 bits per heavy atom. The average Bonchev–Trinajstić information content (AvgIpc) is 3.17. The Balaban J connectivity index is 1.98. The van der Waals surface area contributed by atoms with Crippen LogP contribution in [0, 0.1) is 5.82 Å². The van der Waals surface area contributed by atoms with Crippen molar-refractivity contribution in [2.24, 2.45) is 5.14 Å². The number of halogens is 1. The van der Waals surface area contributed by atoms with E-state index in [0.29, 0.717) is 50.9 Å². The van der Waals surface area contributed by atoms with Gasteiger partial charge in [0.1, 0.15) is 17.3 Å². The molecule has 9 nitrogen and oxygen atoms in total. The molecule has 2 N–H and O–H groups in total. The summed E-state index contributed by atoms with van der Waals surface area (Å²) in [5, 5.41) is 9.68. The summed E-state index contributed by atoms with van der Waals surface area (Å²) in [6, 6.07) is 13.1. The second kappa shape index (κ2) is 11.4. The Labute approximate surface area is 193 Å². The summed E-state index contributed by atoms with van der Waals surface area (Å²) in [6.07, 6.45) is 0.417. The van der Waals surface area contributed by atoms with Gasteiger partial charge in [0.05, 0.1) is 24.7 Å². The first-order chi connectivity index (χ1) is 15.8. The molecule has 0 aliphatic heterocycles. The van der Waals surface area contributed by atoms with E-state index in [4.69, 9.17) is 14.6 Å². The number of hydrogen-bond acceptors (Lipinski definition) is 7. The number of hydrogen-bond donors (Lipinski definition) is 1. The molecule has 0 spiro atoms. The zero-order valence-electron chi connectivity index (χ0n) is 18.6. The van der Waals surface area contributed by atoms with E-state index in [1.165, 1.54) is 16.8 Å². The highest BCUT2D eigenvalue weighted by Gasteiger charge is 2.19. The highest BCUT2D eigenvalue weighted by molar-refractivity contribution is 7.89. The summed E-state index contributed by atoms with van der Waals surface area (Å²) in [5.74, 6) is 0.267. The highest BCUT2D eigenvalue weighted by atomic mass is 32.2. The third kappa shape index (κ3) is 6.89. The molecule has 0 aliphatic rings. The second-order valence-electron chi connectivity index (χ2n) is 7.44. The predicted octanol–water partition coefficient (Wildman–Crippen LogP) is 1.74. The maximum absolute atomic E-state index is 14.9. The van der Waals surface area contributed by atoms with E-state index >= 15 is 0 Å². The van der Waals surface area contributed by atoms with Gasteiger partial charge in [0.15, 0.2) is 5.82 Å². The summed E-state index contributed by atoms with van der Waals surface area (Å²) in [4.78, 5) is 6.45. The summed E-state index contributed by atoms with van der Waals surface area (Å²) in [6.45, 7) is 2.79. The summed E-state index contributed by atoms with van der Waals surface area (Å²) < 4.78 is 49.9. The smallest absolute Gasteiger partial charge is 0.238 e. The number of nitrogens with zero attached hydrogens (tertiary/aromatic N) is 4. The molecule has 0 bridgehead atoms. The molecule has 0 fully saturated rings. The van der Waals surface area contributed by atoms with Crippen molar-refractivity contribution in [1.82, 2.24) is 19.7 Å². The van der Waals surface area contributed by atoms with Crippen LogP contribution in [0.25, 0.3) is 5.69 Å². The monoisotopic (exact) mass is 477 g/mol. The Morgan fingerprint density at radius 2 is 1.73 bits per heavy atom. The van der Waals surface area contributed by atoms with Gasteiger partial charge in [-0.3, -0.25) is 4.90 Å². The molecule has 0 aliphatic carbocycles. The van der Waals surface area contributed by atoms with Crippen LogP contribution in [-0.2, 0) is 32.5 Å². The molecular weight excluding hydrogens is 449 g/mol. The minimum atomic E-state index is -4.03. The number of aromatic nitrogens is 3. The number of rotatable bonds is 12. The molecule has 0 saturated heterocycles. The number of benzene rings is 2. The Bertz CT molecular complexity index is 1150. The van der Waals surface area contributed by atoms with Crippen LogP contribution < -0.4 is 5.14 Å². The van der Waals surface area contributed by atoms with Crippen molar-refractivity contribution in [2.75, 3.05) is 40.5 Å². The molecule has 0 atom stereocenters. The van der Waals surface area contributed by atoms with Crippen molar-refractivity contribution >= 4 is 10.0 Å². The van der Waals surface area contributed by atoms with Crippen molar-refractivity contribution < 1.29 is 22.3 Å². The summed E-state index contributed by atoms with van der Waals surface area (Å²) >= 11 is 0. The van der Waals surface area contributed by atoms with Gasteiger partial charge in [-0.15, -0.1) is 5.10 Å². The molecule has 0 radical (unpaired) electrons. The lowest BCUT2D eigenvalue weighted by Crippen LogP contribution is -2.30. The molecule has 33 heavy (non-hydrogen) atoms. The zero-order chi connectivity index (χ0) is 23.8. The maximum Gasteiger partial charge on any atom is 0.238 e. The van der Waals surface area contributed by atoms with Gasteiger partial charge in [0.2, 0.25) is 10.0 Å². The number of methoxy groups -OCH3 is 2. The molecule has 178 valence electrons. The molecular formula is C22H28FN5O4S. The van der Waals surface area contributed by atoms with Gasteiger partial charge in [-0.25, -0.2) is 27.6 Å². The van der Waals surface area contributed by atoms with Gasteiger partial charge >= 0.3 is 0 Å². The molecule has 3 aromatic rings. The van der Waals surface area contributed by atoms with Crippen molar-refractivity contribution in [2.45, 2.75) is 17.9 Å². The van der Waals surface area contributed by atoms with Gasteiger partial charge in [-0.2, -0.15) is 0 Å². The van der Waals surface area contributed by atoms with Gasteiger partial charge in [0.25, 0.3) is 0 Å². The Morgan fingerprint density at radius 1 is 1.06 bits per heavy atom. The van der Waals surface area contributed by atoms with Crippen molar-refractivity contribution in [1.29, 1.82) is 0 Å². The topological polar surface area (TPSA) is 113 Å². The molecule has 0 saturated carbocycles. The van der Waals surface area contributed by atoms with E-state index in [0.717, 1.165) is 11.6 Å². The van der Waals surface area contributed by atoms with E-state index in [-0.39, 0.29) is 10.6 Å². The molecule has 3 rings (SSSR count). The fourth-order valence-corrected chi connectivity index (χ4v) is 3.82. The quantitative estimate of drug-likeness (QED) is 0.423. The lowest BCUT2D eigenvalue weighted by molar-refractivity contribution is 0.109. The predicted molar refractivity (Wildman–Crippen MR) is 121 cm³/mol. The summed E-state index contributed by atoms with van der Waals surface area (Å²) in [7, 11) is -0.762. The molecule has 1 heterocycles. The Hall–Kier alpha value is -2.70. The third-order valence-corrected chi connectivity index (χ3v) is 5.90. The van der Waals surface area contributed by atoms with Crippen LogP contribution in [-0.4, -0.2) is 68.6 Å². The fourth-order valence-electron chi connectivity index (χ4n) is 3.29. The van der Waals surface area contributed by atoms with E-state index < -0.39 is 15.8 Å². The van der Waals surface area contributed by atoms with E-state index in [9.17, 15) is 12.8 Å². The SMILES string of the molecule is COCCN(CCOC)Cc1nc(Cc2ccccc2)n(-c2ccc(S(N)(=O)=O)cc2F)n1. The van der Waals surface area contributed by atoms with Gasteiger partial charge < -0.3 is 9.47 Å². The lowest BCUT2D eigenvalue weighted by atomic mass is 10.1. The number of primary sulfonamides is 1. The van der Waals surface area contributed by atoms with Gasteiger partial charge in [0, 0.05) is 33.7 Å². The van der Waals surface area contributed by atoms with Crippen LogP contribution in [0.5, 0.6) is 0 Å². The summed E-state index contributed by atoms with van der Waals surface area (Å²) in [5.41, 5.74) is 1.07. The normalized spacial score (nSPS) is 11.9. The molecule has 0 amide bonds. The van der Waals surface area contributed by atoms with E-state index in [1.807, 2.05) is 30.3 Å². The lowest BCUT2D eigenvalue weighted by Gasteiger charge is -2.19. The van der Waals surface area contributed by atoms with Crippen LogP contribution in [0.1, 0.15) is 17.2 Å². The van der Waals surface area contributed by atoms with Crippen LogP contribution >= 0.6 is 0 Å². The van der Waals surface area contributed by atoms with Crippen LogP contribution in [0.3, 0.4) is 0 Å². The number of ether oxygens (including phenoxy) is 2. The third-order valence-electron chi connectivity index (χ3n) is 4.99. The van der Waals surface area contributed by atoms with Crippen LogP contribution in [0.2, 0.25) is 0 Å². The molecule has 0 unspecified atom stereocenters. The molecule has 2 aromatic carbocycles. The largest absolute Gasteiger partial charge is 0.383 e. The molecule has 1 aromatic heterocycles. The van der Waals surface area contributed by atoms with Crippen molar-refractivity contribution in [3.63, 3.8) is 0 Å². The van der Waals surface area contributed by atoms with E-state index in [1.54, 1.807) is 14.2 Å². The number of nitrogens with two attached hydrogens (primary N) is 1. The van der Waals surface area contributed by atoms with Crippen LogP contribution in [0.4, 0.5) is 4.39 Å². The number of sulfonamides is 1. The second-order valence-corrected chi connectivity index (χ2v) is 9.00. The Kier molecular flexibility index (Phi) is 8.64.